The summed E-state index contributed by atoms with van der Waals surface area (Å²) in [5, 5.41) is 13.2. The molecule has 1 aromatic carbocycles. The van der Waals surface area contributed by atoms with Crippen LogP contribution in [0.25, 0.3) is 0 Å². The zero-order valence-corrected chi connectivity index (χ0v) is 11.3. The third kappa shape index (κ3) is 2.85. The van der Waals surface area contributed by atoms with Gasteiger partial charge in [-0.15, -0.1) is 0 Å². The van der Waals surface area contributed by atoms with E-state index in [-0.39, 0.29) is 5.75 Å². The van der Waals surface area contributed by atoms with E-state index in [2.05, 4.69) is 5.32 Å². The van der Waals surface area contributed by atoms with E-state index in [1.807, 2.05) is 12.1 Å². The molecule has 2 N–H and O–H groups in total. The molecule has 1 aliphatic carbocycles. The average molecular weight is 263 g/mol. The summed E-state index contributed by atoms with van der Waals surface area (Å²) in [7, 11) is 1.57. The van der Waals surface area contributed by atoms with Crippen molar-refractivity contribution in [1.29, 1.82) is 0 Å². The molecular formula is C15H21NO3. The van der Waals surface area contributed by atoms with Gasteiger partial charge in [0.1, 0.15) is 0 Å². The van der Waals surface area contributed by atoms with Crippen molar-refractivity contribution in [2.45, 2.75) is 38.0 Å². The van der Waals surface area contributed by atoms with Crippen molar-refractivity contribution >= 4 is 0 Å². The van der Waals surface area contributed by atoms with Crippen LogP contribution in [-0.2, 0) is 11.3 Å². The molecule has 0 amide bonds. The van der Waals surface area contributed by atoms with Crippen LogP contribution in [0, 0.1) is 5.92 Å². The molecule has 3 rings (SSSR count). The van der Waals surface area contributed by atoms with Crippen LogP contribution in [-0.4, -0.2) is 31.0 Å². The second-order valence-corrected chi connectivity index (χ2v) is 5.46. The lowest BCUT2D eigenvalue weighted by Crippen LogP contribution is -2.37. The van der Waals surface area contributed by atoms with Gasteiger partial charge in [0.25, 0.3) is 0 Å². The van der Waals surface area contributed by atoms with Gasteiger partial charge in [-0.2, -0.15) is 0 Å². The Balaban J connectivity index is 1.59. The number of phenolic OH excluding ortho intramolecular Hbond substituents is 1. The highest BCUT2D eigenvalue weighted by Crippen LogP contribution is 2.38. The molecule has 2 aliphatic rings. The first kappa shape index (κ1) is 12.8. The van der Waals surface area contributed by atoms with Crippen LogP contribution in [0.1, 0.15) is 24.8 Å². The maximum absolute atomic E-state index is 9.57. The van der Waals surface area contributed by atoms with Crippen molar-refractivity contribution in [2.24, 2.45) is 5.92 Å². The predicted molar refractivity (Wildman–Crippen MR) is 72.4 cm³/mol. The summed E-state index contributed by atoms with van der Waals surface area (Å²) in [4.78, 5) is 0. The Hall–Kier alpha value is -1.26. The van der Waals surface area contributed by atoms with Gasteiger partial charge in [0.15, 0.2) is 11.5 Å². The fourth-order valence-corrected chi connectivity index (χ4v) is 2.80. The molecule has 1 saturated carbocycles. The molecule has 104 valence electrons. The van der Waals surface area contributed by atoms with Crippen LogP contribution < -0.4 is 10.1 Å². The van der Waals surface area contributed by atoms with Gasteiger partial charge in [-0.1, -0.05) is 6.07 Å². The zero-order valence-electron chi connectivity index (χ0n) is 11.3. The van der Waals surface area contributed by atoms with Crippen LogP contribution in [0.3, 0.4) is 0 Å². The van der Waals surface area contributed by atoms with E-state index in [0.717, 1.165) is 31.1 Å². The Morgan fingerprint density at radius 1 is 1.37 bits per heavy atom. The van der Waals surface area contributed by atoms with E-state index in [9.17, 15) is 5.11 Å². The highest BCUT2D eigenvalue weighted by atomic mass is 16.5. The van der Waals surface area contributed by atoms with Crippen molar-refractivity contribution in [3.05, 3.63) is 23.8 Å². The first-order chi connectivity index (χ1) is 9.28. The number of methoxy groups -OCH3 is 1. The molecule has 4 heteroatoms. The third-order valence-electron chi connectivity index (χ3n) is 4.03. The summed E-state index contributed by atoms with van der Waals surface area (Å²) >= 11 is 0. The topological polar surface area (TPSA) is 50.7 Å². The van der Waals surface area contributed by atoms with Crippen molar-refractivity contribution in [1.82, 2.24) is 5.32 Å². The standard InChI is InChI=1S/C15H21NO3/c1-18-14-8-10(2-5-13(14)17)9-16-12-6-7-19-15(12)11-3-4-11/h2,5,8,11-12,15-17H,3-4,6-7,9H2,1H3. The average Bonchev–Trinajstić information content (AvgIpc) is 3.17. The second kappa shape index (κ2) is 5.39. The number of aromatic hydroxyl groups is 1. The van der Waals surface area contributed by atoms with Gasteiger partial charge < -0.3 is 19.9 Å². The van der Waals surface area contributed by atoms with Gasteiger partial charge >= 0.3 is 0 Å². The number of hydrogen-bond donors (Lipinski definition) is 2. The summed E-state index contributed by atoms with van der Waals surface area (Å²) in [6.45, 7) is 1.66. The molecule has 2 atom stereocenters. The summed E-state index contributed by atoms with van der Waals surface area (Å²) in [6, 6.07) is 5.95. The fourth-order valence-electron chi connectivity index (χ4n) is 2.80. The molecule has 1 saturated heterocycles. The van der Waals surface area contributed by atoms with Crippen molar-refractivity contribution in [3.8, 4) is 11.5 Å². The van der Waals surface area contributed by atoms with E-state index < -0.39 is 0 Å². The molecule has 1 aromatic rings. The highest BCUT2D eigenvalue weighted by molar-refractivity contribution is 5.41. The van der Waals surface area contributed by atoms with Crippen LogP contribution in [0.4, 0.5) is 0 Å². The Labute approximate surface area is 113 Å². The number of benzene rings is 1. The summed E-state index contributed by atoms with van der Waals surface area (Å²) in [6.07, 6.45) is 4.13. The molecule has 1 aliphatic heterocycles. The molecule has 0 spiro atoms. The van der Waals surface area contributed by atoms with Crippen LogP contribution in [0.2, 0.25) is 0 Å². The Kier molecular flexibility index (Phi) is 3.62. The molecular weight excluding hydrogens is 242 g/mol. The summed E-state index contributed by atoms with van der Waals surface area (Å²) < 4.78 is 10.9. The van der Waals surface area contributed by atoms with Gasteiger partial charge in [-0.05, 0) is 42.9 Å². The number of hydrogen-bond acceptors (Lipinski definition) is 4. The quantitative estimate of drug-likeness (QED) is 0.853. The Morgan fingerprint density at radius 2 is 2.21 bits per heavy atom. The maximum atomic E-state index is 9.57. The number of nitrogens with one attached hydrogen (secondary N) is 1. The lowest BCUT2D eigenvalue weighted by molar-refractivity contribution is 0.0809. The number of ether oxygens (including phenoxy) is 2. The van der Waals surface area contributed by atoms with E-state index >= 15 is 0 Å². The van der Waals surface area contributed by atoms with E-state index in [0.29, 0.717) is 17.9 Å². The van der Waals surface area contributed by atoms with E-state index in [1.165, 1.54) is 12.8 Å². The molecule has 2 fully saturated rings. The number of phenols is 1. The molecule has 0 aromatic heterocycles. The Morgan fingerprint density at radius 3 is 2.95 bits per heavy atom. The molecule has 1 heterocycles. The first-order valence-electron chi connectivity index (χ1n) is 6.99. The second-order valence-electron chi connectivity index (χ2n) is 5.46. The van der Waals surface area contributed by atoms with Crippen LogP contribution in [0.5, 0.6) is 11.5 Å². The van der Waals surface area contributed by atoms with E-state index in [1.54, 1.807) is 13.2 Å². The minimum atomic E-state index is 0.186. The zero-order chi connectivity index (χ0) is 13.2. The molecule has 19 heavy (non-hydrogen) atoms. The first-order valence-corrected chi connectivity index (χ1v) is 6.99. The molecule has 0 radical (unpaired) electrons. The molecule has 4 nitrogen and oxygen atoms in total. The lowest BCUT2D eigenvalue weighted by atomic mass is 10.1. The van der Waals surface area contributed by atoms with E-state index in [4.69, 9.17) is 9.47 Å². The van der Waals surface area contributed by atoms with Crippen LogP contribution in [0.15, 0.2) is 18.2 Å². The van der Waals surface area contributed by atoms with Crippen molar-refractivity contribution in [3.63, 3.8) is 0 Å². The lowest BCUT2D eigenvalue weighted by Gasteiger charge is -2.19. The largest absolute Gasteiger partial charge is 0.504 e. The normalized spacial score (nSPS) is 26.6. The van der Waals surface area contributed by atoms with Gasteiger partial charge in [0, 0.05) is 19.2 Å². The summed E-state index contributed by atoms with van der Waals surface area (Å²) in [5.41, 5.74) is 1.12. The molecule has 2 unspecified atom stereocenters. The van der Waals surface area contributed by atoms with Gasteiger partial charge in [0.05, 0.1) is 13.2 Å². The molecule has 0 bridgehead atoms. The van der Waals surface area contributed by atoms with Gasteiger partial charge in [-0.25, -0.2) is 0 Å². The third-order valence-corrected chi connectivity index (χ3v) is 4.03. The monoisotopic (exact) mass is 263 g/mol. The minimum Gasteiger partial charge on any atom is -0.504 e. The SMILES string of the molecule is COc1cc(CNC2CCOC2C2CC2)ccc1O. The summed E-state index contributed by atoms with van der Waals surface area (Å²) in [5.74, 6) is 1.49. The number of rotatable bonds is 5. The fraction of sp³-hybridized carbons (Fsp3) is 0.600. The van der Waals surface area contributed by atoms with Gasteiger partial charge in [-0.3, -0.25) is 0 Å². The Bertz CT molecular complexity index is 445. The highest BCUT2D eigenvalue weighted by Gasteiger charge is 2.40. The maximum Gasteiger partial charge on any atom is 0.160 e. The van der Waals surface area contributed by atoms with Gasteiger partial charge in [0.2, 0.25) is 0 Å². The minimum absolute atomic E-state index is 0.186. The van der Waals surface area contributed by atoms with Crippen LogP contribution >= 0.6 is 0 Å². The van der Waals surface area contributed by atoms with Crippen molar-refractivity contribution in [2.75, 3.05) is 13.7 Å². The van der Waals surface area contributed by atoms with Crippen molar-refractivity contribution < 1.29 is 14.6 Å². The predicted octanol–water partition coefficient (Wildman–Crippen LogP) is 2.06. The smallest absolute Gasteiger partial charge is 0.160 e.